The Balaban J connectivity index is 1.24. The van der Waals surface area contributed by atoms with Crippen LogP contribution in [0, 0.1) is 0 Å². The van der Waals surface area contributed by atoms with Crippen LogP contribution in [0.2, 0.25) is 0 Å². The summed E-state index contributed by atoms with van der Waals surface area (Å²) < 4.78 is 62.9. The molecule has 0 saturated carbocycles. The third-order valence-corrected chi connectivity index (χ3v) is 5.50. The molecule has 33 heavy (non-hydrogen) atoms. The summed E-state index contributed by atoms with van der Waals surface area (Å²) in [5.74, 6) is 1.54. The maximum absolute atomic E-state index is 13.0. The van der Waals surface area contributed by atoms with Crippen LogP contribution >= 0.6 is 0 Å². The van der Waals surface area contributed by atoms with Crippen molar-refractivity contribution in [3.63, 3.8) is 0 Å². The summed E-state index contributed by atoms with van der Waals surface area (Å²) in [6, 6.07) is 12.2. The fraction of sp³-hybridized carbons (Fsp3) is 0.227. The lowest BCUT2D eigenvalue weighted by Crippen LogP contribution is -2.21. The molecule has 1 atom stereocenters. The van der Waals surface area contributed by atoms with Gasteiger partial charge in [0.25, 0.3) is 5.89 Å². The van der Waals surface area contributed by atoms with Gasteiger partial charge < -0.3 is 18.7 Å². The molecule has 6 rings (SSSR count). The van der Waals surface area contributed by atoms with Gasteiger partial charge in [0.15, 0.2) is 17.2 Å². The molecule has 0 fully saturated rings. The molecule has 4 aromatic rings. The van der Waals surface area contributed by atoms with Crippen molar-refractivity contribution in [2.24, 2.45) is 0 Å². The van der Waals surface area contributed by atoms with E-state index in [9.17, 15) is 13.2 Å². The first kappa shape index (κ1) is 19.8. The van der Waals surface area contributed by atoms with Crippen LogP contribution in [0.25, 0.3) is 23.0 Å². The van der Waals surface area contributed by atoms with Crippen molar-refractivity contribution in [3.8, 4) is 34.5 Å². The minimum Gasteiger partial charge on any atom is -0.454 e. The lowest BCUT2D eigenvalue weighted by Gasteiger charge is -2.24. The Morgan fingerprint density at radius 1 is 1.00 bits per heavy atom. The van der Waals surface area contributed by atoms with Gasteiger partial charge in [-0.2, -0.15) is 23.3 Å². The Kier molecular flexibility index (Phi) is 4.40. The SMILES string of the molecule is FC(F)(F)c1cccc(-c2noc(-c3cc4n(n3)C[C@@H](c3ccc5c(c3)OCO5)OC4)n2)c1. The fourth-order valence-electron chi connectivity index (χ4n) is 3.82. The van der Waals surface area contributed by atoms with E-state index < -0.39 is 11.7 Å². The molecule has 0 unspecified atom stereocenters. The normalized spacial score (nSPS) is 17.2. The molecule has 168 valence electrons. The molecule has 0 radical (unpaired) electrons. The standard InChI is InChI=1S/C22H15F3N4O4/c23-22(24,25)14-3-1-2-13(6-14)20-26-21(33-28-20)16-8-15-10-30-19(9-29(15)27-16)12-4-5-17-18(7-12)32-11-31-17/h1-8,19H,9-11H2/t19-/m0/s1. The van der Waals surface area contributed by atoms with Crippen LogP contribution in [0.15, 0.2) is 53.1 Å². The van der Waals surface area contributed by atoms with Crippen LogP contribution in [-0.2, 0) is 24.1 Å². The van der Waals surface area contributed by atoms with E-state index in [1.54, 1.807) is 10.7 Å². The second kappa shape index (κ2) is 7.34. The highest BCUT2D eigenvalue weighted by Crippen LogP contribution is 2.37. The number of alkyl halides is 3. The van der Waals surface area contributed by atoms with Crippen LogP contribution in [0.1, 0.15) is 22.9 Å². The number of fused-ring (bicyclic) bond motifs is 2. The van der Waals surface area contributed by atoms with Crippen LogP contribution in [0.3, 0.4) is 0 Å². The Morgan fingerprint density at radius 3 is 2.76 bits per heavy atom. The average Bonchev–Trinajstić information content (AvgIpc) is 3.56. The summed E-state index contributed by atoms with van der Waals surface area (Å²) in [5.41, 5.74) is 1.60. The molecule has 2 aliphatic rings. The van der Waals surface area contributed by atoms with Gasteiger partial charge in [-0.25, -0.2) is 0 Å². The number of ether oxygens (including phenoxy) is 3. The zero-order valence-corrected chi connectivity index (χ0v) is 16.9. The van der Waals surface area contributed by atoms with E-state index in [4.69, 9.17) is 18.7 Å². The molecule has 2 aliphatic heterocycles. The van der Waals surface area contributed by atoms with E-state index in [1.165, 1.54) is 12.1 Å². The Hall–Kier alpha value is -3.86. The number of benzene rings is 2. The highest BCUT2D eigenvalue weighted by atomic mass is 19.4. The summed E-state index contributed by atoms with van der Waals surface area (Å²) >= 11 is 0. The molecule has 8 nitrogen and oxygen atoms in total. The zero-order valence-electron chi connectivity index (χ0n) is 16.9. The number of rotatable bonds is 3. The molecule has 0 aliphatic carbocycles. The maximum Gasteiger partial charge on any atom is 0.416 e. The van der Waals surface area contributed by atoms with E-state index in [0.717, 1.165) is 23.4 Å². The summed E-state index contributed by atoms with van der Waals surface area (Å²) in [6.45, 7) is 0.980. The van der Waals surface area contributed by atoms with Gasteiger partial charge >= 0.3 is 6.18 Å². The second-order valence-electron chi connectivity index (χ2n) is 7.62. The van der Waals surface area contributed by atoms with Crippen molar-refractivity contribution in [1.82, 2.24) is 19.9 Å². The van der Waals surface area contributed by atoms with Crippen LogP contribution in [-0.4, -0.2) is 26.7 Å². The van der Waals surface area contributed by atoms with E-state index in [0.29, 0.717) is 30.3 Å². The highest BCUT2D eigenvalue weighted by Gasteiger charge is 2.31. The van der Waals surface area contributed by atoms with Crippen molar-refractivity contribution in [2.75, 3.05) is 6.79 Å². The van der Waals surface area contributed by atoms with Gasteiger partial charge in [-0.15, -0.1) is 0 Å². The predicted octanol–water partition coefficient (Wildman–Crippen LogP) is 4.62. The molecule has 2 aromatic heterocycles. The molecule has 0 amide bonds. The van der Waals surface area contributed by atoms with Crippen LogP contribution in [0.5, 0.6) is 11.5 Å². The van der Waals surface area contributed by atoms with Gasteiger partial charge in [-0.3, -0.25) is 4.68 Å². The summed E-state index contributed by atoms with van der Waals surface area (Å²) in [6.07, 6.45) is -4.69. The third kappa shape index (κ3) is 3.59. The number of nitrogens with zero attached hydrogens (tertiary/aromatic N) is 4. The van der Waals surface area contributed by atoms with Crippen LogP contribution < -0.4 is 9.47 Å². The monoisotopic (exact) mass is 456 g/mol. The summed E-state index contributed by atoms with van der Waals surface area (Å²) in [4.78, 5) is 4.24. The van der Waals surface area contributed by atoms with Gasteiger partial charge in [0.2, 0.25) is 12.6 Å². The van der Waals surface area contributed by atoms with Gasteiger partial charge in [-0.1, -0.05) is 23.4 Å². The molecular weight excluding hydrogens is 441 g/mol. The summed E-state index contributed by atoms with van der Waals surface area (Å²) in [7, 11) is 0. The predicted molar refractivity (Wildman–Crippen MR) is 106 cm³/mol. The first-order valence-electron chi connectivity index (χ1n) is 10.0. The largest absolute Gasteiger partial charge is 0.454 e. The number of aromatic nitrogens is 4. The van der Waals surface area contributed by atoms with E-state index in [2.05, 4.69) is 15.2 Å². The van der Waals surface area contributed by atoms with Gasteiger partial charge in [-0.05, 0) is 35.9 Å². The lowest BCUT2D eigenvalue weighted by molar-refractivity contribution is -0.137. The molecule has 0 bridgehead atoms. The smallest absolute Gasteiger partial charge is 0.416 e. The summed E-state index contributed by atoms with van der Waals surface area (Å²) in [5, 5.41) is 8.37. The molecule has 0 saturated heterocycles. The maximum atomic E-state index is 13.0. The van der Waals surface area contributed by atoms with Gasteiger partial charge in [0, 0.05) is 5.56 Å². The average molecular weight is 456 g/mol. The lowest BCUT2D eigenvalue weighted by atomic mass is 10.1. The number of hydrogen-bond acceptors (Lipinski definition) is 7. The minimum atomic E-state index is -4.46. The first-order chi connectivity index (χ1) is 15.9. The first-order valence-corrected chi connectivity index (χ1v) is 10.0. The Labute approximate surface area is 184 Å². The molecule has 0 spiro atoms. The van der Waals surface area contributed by atoms with Gasteiger partial charge in [0.1, 0.15) is 6.10 Å². The van der Waals surface area contributed by atoms with E-state index in [-0.39, 0.29) is 30.2 Å². The molecule has 2 aromatic carbocycles. The molecule has 0 N–H and O–H groups in total. The van der Waals surface area contributed by atoms with E-state index >= 15 is 0 Å². The second-order valence-corrected chi connectivity index (χ2v) is 7.62. The molecular formula is C22H15F3N4O4. The van der Waals surface area contributed by atoms with Crippen molar-refractivity contribution >= 4 is 0 Å². The fourth-order valence-corrected chi connectivity index (χ4v) is 3.82. The van der Waals surface area contributed by atoms with Crippen molar-refractivity contribution in [2.45, 2.75) is 25.4 Å². The minimum absolute atomic E-state index is 0.0524. The number of halogens is 3. The van der Waals surface area contributed by atoms with Crippen molar-refractivity contribution in [1.29, 1.82) is 0 Å². The quantitative estimate of drug-likeness (QED) is 0.445. The third-order valence-electron chi connectivity index (χ3n) is 5.50. The molecule has 11 heteroatoms. The van der Waals surface area contributed by atoms with Crippen LogP contribution in [0.4, 0.5) is 13.2 Å². The molecule has 4 heterocycles. The Morgan fingerprint density at radius 2 is 1.88 bits per heavy atom. The number of hydrogen-bond donors (Lipinski definition) is 0. The van der Waals surface area contributed by atoms with Gasteiger partial charge in [0.05, 0.1) is 24.4 Å². The van der Waals surface area contributed by atoms with Crippen molar-refractivity contribution < 1.29 is 31.9 Å². The Bertz CT molecular complexity index is 1350. The zero-order chi connectivity index (χ0) is 22.6. The topological polar surface area (TPSA) is 84.4 Å². The highest BCUT2D eigenvalue weighted by molar-refractivity contribution is 5.59. The van der Waals surface area contributed by atoms with Crippen molar-refractivity contribution in [3.05, 3.63) is 65.4 Å². The van der Waals surface area contributed by atoms with E-state index in [1.807, 2.05) is 18.2 Å².